The van der Waals surface area contributed by atoms with Crippen LogP contribution in [0.25, 0.3) is 98.8 Å². The summed E-state index contributed by atoms with van der Waals surface area (Å²) in [5.41, 5.74) is 14.3. The molecular formula is C55H38O. The van der Waals surface area contributed by atoms with E-state index in [0.717, 1.165) is 22.1 Å². The predicted octanol–water partition coefficient (Wildman–Crippen LogP) is 15.5. The Kier molecular flexibility index (Phi) is 7.28. The molecule has 1 heterocycles. The summed E-state index contributed by atoms with van der Waals surface area (Å²) in [6.45, 7) is 4.71. The van der Waals surface area contributed by atoms with Crippen molar-refractivity contribution in [2.45, 2.75) is 19.3 Å². The molecule has 0 spiro atoms. The van der Waals surface area contributed by atoms with Crippen LogP contribution >= 0.6 is 0 Å². The number of fused-ring (bicyclic) bond motifs is 10. The Bertz CT molecular complexity index is 3210. The molecule has 0 saturated carbocycles. The van der Waals surface area contributed by atoms with Crippen LogP contribution in [0.1, 0.15) is 25.0 Å². The average molecular weight is 715 g/mol. The van der Waals surface area contributed by atoms with Gasteiger partial charge in [-0.25, -0.2) is 0 Å². The molecule has 11 rings (SSSR count). The first-order valence-corrected chi connectivity index (χ1v) is 19.5. The molecule has 0 amide bonds. The van der Waals surface area contributed by atoms with Gasteiger partial charge in [-0.1, -0.05) is 178 Å². The molecule has 1 aliphatic rings. The quantitative estimate of drug-likeness (QED) is 0.166. The summed E-state index contributed by atoms with van der Waals surface area (Å²) in [7, 11) is 0. The predicted molar refractivity (Wildman–Crippen MR) is 238 cm³/mol. The van der Waals surface area contributed by atoms with E-state index < -0.39 is 0 Å². The molecule has 0 atom stereocenters. The van der Waals surface area contributed by atoms with Crippen molar-refractivity contribution >= 4 is 54.3 Å². The summed E-state index contributed by atoms with van der Waals surface area (Å²) in [4.78, 5) is 0. The van der Waals surface area contributed by atoms with Crippen LogP contribution in [0.5, 0.6) is 0 Å². The van der Waals surface area contributed by atoms with Gasteiger partial charge in [-0.2, -0.15) is 0 Å². The minimum absolute atomic E-state index is 0.152. The van der Waals surface area contributed by atoms with E-state index in [1.165, 1.54) is 87.8 Å². The molecular weight excluding hydrogens is 677 g/mol. The van der Waals surface area contributed by atoms with Gasteiger partial charge in [0.25, 0.3) is 0 Å². The highest BCUT2D eigenvalue weighted by Gasteiger charge is 2.36. The lowest BCUT2D eigenvalue weighted by atomic mass is 9.81. The van der Waals surface area contributed by atoms with Crippen molar-refractivity contribution in [2.24, 2.45) is 0 Å². The smallest absolute Gasteiger partial charge is 0.143 e. The van der Waals surface area contributed by atoms with Crippen LogP contribution in [0.15, 0.2) is 199 Å². The number of benzene rings is 8. The van der Waals surface area contributed by atoms with Gasteiger partial charge >= 0.3 is 0 Å². The second kappa shape index (κ2) is 12.5. The van der Waals surface area contributed by atoms with Crippen LogP contribution in [0.2, 0.25) is 0 Å². The Hall–Kier alpha value is -6.96. The number of hydrogen-bond acceptors (Lipinski definition) is 1. The molecule has 1 aromatic heterocycles. The molecule has 10 aromatic rings. The molecule has 56 heavy (non-hydrogen) atoms. The fraction of sp³-hybridized carbons (Fsp3) is 0.0545. The van der Waals surface area contributed by atoms with Crippen molar-refractivity contribution in [3.8, 4) is 44.5 Å². The van der Waals surface area contributed by atoms with Gasteiger partial charge in [0, 0.05) is 21.6 Å². The fourth-order valence-electron chi connectivity index (χ4n) is 9.38. The van der Waals surface area contributed by atoms with Crippen molar-refractivity contribution in [1.29, 1.82) is 0 Å². The summed E-state index contributed by atoms with van der Waals surface area (Å²) in [5.74, 6) is 0. The van der Waals surface area contributed by atoms with E-state index in [1.54, 1.807) is 0 Å². The molecule has 0 unspecified atom stereocenters. The monoisotopic (exact) mass is 714 g/mol. The number of rotatable bonds is 3. The van der Waals surface area contributed by atoms with Crippen LogP contribution in [-0.2, 0) is 5.41 Å². The average Bonchev–Trinajstić information content (AvgIpc) is 3.73. The maximum atomic E-state index is 6.49. The van der Waals surface area contributed by atoms with Crippen LogP contribution in [-0.4, -0.2) is 0 Å². The summed E-state index contributed by atoms with van der Waals surface area (Å²) in [6.07, 6.45) is 0. The highest BCUT2D eigenvalue weighted by molar-refractivity contribution is 6.21. The SMILES string of the molecule is CC1(C)c2ccc(-c3ccccccc(-c4c5ccccc5c(-c5ccccc5)c5ccccc45)cc3)cc2-c2cc3ccc4c5ccccc5oc4c3cc21. The highest BCUT2D eigenvalue weighted by atomic mass is 16.3. The third-order valence-corrected chi connectivity index (χ3v) is 12.1. The van der Waals surface area contributed by atoms with E-state index in [-0.39, 0.29) is 5.41 Å². The van der Waals surface area contributed by atoms with Crippen molar-refractivity contribution in [3.05, 3.63) is 205 Å². The highest BCUT2D eigenvalue weighted by Crippen LogP contribution is 2.52. The van der Waals surface area contributed by atoms with Gasteiger partial charge in [0.1, 0.15) is 11.2 Å². The van der Waals surface area contributed by atoms with Crippen molar-refractivity contribution in [3.63, 3.8) is 0 Å². The zero-order chi connectivity index (χ0) is 37.4. The number of furan rings is 1. The molecule has 0 N–H and O–H groups in total. The minimum Gasteiger partial charge on any atom is -0.455 e. The van der Waals surface area contributed by atoms with E-state index >= 15 is 0 Å². The summed E-state index contributed by atoms with van der Waals surface area (Å²) < 4.78 is 6.49. The van der Waals surface area contributed by atoms with Gasteiger partial charge in [-0.3, -0.25) is 0 Å². The van der Waals surface area contributed by atoms with Gasteiger partial charge in [-0.15, -0.1) is 0 Å². The third kappa shape index (κ3) is 4.94. The second-order valence-corrected chi connectivity index (χ2v) is 15.6. The Morgan fingerprint density at radius 1 is 0.339 bits per heavy atom. The van der Waals surface area contributed by atoms with Crippen LogP contribution in [0, 0.1) is 0 Å². The number of para-hydroxylation sites is 1. The van der Waals surface area contributed by atoms with E-state index in [1.807, 2.05) is 6.07 Å². The summed E-state index contributed by atoms with van der Waals surface area (Å²) >= 11 is 0. The Morgan fingerprint density at radius 2 is 0.839 bits per heavy atom. The fourth-order valence-corrected chi connectivity index (χ4v) is 9.38. The van der Waals surface area contributed by atoms with Gasteiger partial charge in [-0.05, 0) is 113 Å². The van der Waals surface area contributed by atoms with Crippen LogP contribution in [0.3, 0.4) is 0 Å². The molecule has 1 heteroatoms. The molecule has 0 saturated heterocycles. The molecule has 0 aliphatic heterocycles. The lowest BCUT2D eigenvalue weighted by Gasteiger charge is -2.22. The zero-order valence-electron chi connectivity index (χ0n) is 31.4. The first-order chi connectivity index (χ1) is 27.5. The maximum Gasteiger partial charge on any atom is 0.143 e. The lowest BCUT2D eigenvalue weighted by Crippen LogP contribution is -2.14. The minimum atomic E-state index is -0.152. The largest absolute Gasteiger partial charge is 0.455 e. The topological polar surface area (TPSA) is 13.1 Å². The second-order valence-electron chi connectivity index (χ2n) is 15.6. The molecule has 0 bridgehead atoms. The first kappa shape index (κ1) is 32.5. The Morgan fingerprint density at radius 3 is 1.50 bits per heavy atom. The summed E-state index contributed by atoms with van der Waals surface area (Å²) in [5, 5.41) is 9.71. The number of hydrogen-bond donors (Lipinski definition) is 0. The van der Waals surface area contributed by atoms with E-state index in [2.05, 4.69) is 202 Å². The van der Waals surface area contributed by atoms with Crippen molar-refractivity contribution in [1.82, 2.24) is 0 Å². The molecule has 0 fully saturated rings. The third-order valence-electron chi connectivity index (χ3n) is 12.1. The van der Waals surface area contributed by atoms with Crippen LogP contribution < -0.4 is 0 Å². The molecule has 9 aromatic carbocycles. The van der Waals surface area contributed by atoms with Gasteiger partial charge in [0.2, 0.25) is 0 Å². The molecule has 1 nitrogen and oxygen atoms in total. The molecule has 1 aliphatic carbocycles. The van der Waals surface area contributed by atoms with Crippen molar-refractivity contribution in [2.75, 3.05) is 0 Å². The Labute approximate surface area is 326 Å². The zero-order valence-corrected chi connectivity index (χ0v) is 31.4. The Balaban J connectivity index is 1.09. The van der Waals surface area contributed by atoms with Crippen LogP contribution in [0.4, 0.5) is 0 Å². The first-order valence-electron chi connectivity index (χ1n) is 19.5. The molecule has 0 radical (unpaired) electrons. The van der Waals surface area contributed by atoms with E-state index in [4.69, 9.17) is 4.42 Å². The van der Waals surface area contributed by atoms with Crippen molar-refractivity contribution < 1.29 is 4.42 Å². The van der Waals surface area contributed by atoms with E-state index in [0.29, 0.717) is 0 Å². The summed E-state index contributed by atoms with van der Waals surface area (Å²) in [6, 6.07) is 70.8. The maximum absolute atomic E-state index is 6.49. The van der Waals surface area contributed by atoms with Gasteiger partial charge < -0.3 is 4.42 Å². The molecule has 264 valence electrons. The lowest BCUT2D eigenvalue weighted by molar-refractivity contribution is 0.660. The standard InChI is InChI=1S/C55H38O/c1-55(2)49-31-29-38(32-47(49)48-33-39-28-30-45-40-20-14-15-25-51(40)56-54(45)46(39)34-50(48)55)35-16-6-3-4-7-19-37(27-26-35)53-43-23-12-10-21-41(43)52(36-17-8-5-9-18-36)42-22-11-13-24-44(42)53/h3-34H,1-2H3. The van der Waals surface area contributed by atoms with Gasteiger partial charge in [0.15, 0.2) is 0 Å². The normalized spacial score (nSPS) is 13.0. The van der Waals surface area contributed by atoms with Gasteiger partial charge in [0.05, 0.1) is 0 Å². The van der Waals surface area contributed by atoms with E-state index in [9.17, 15) is 0 Å².